The maximum absolute atomic E-state index is 12.0. The molecule has 1 aromatic carbocycles. The SMILES string of the molecule is Cc1nc(CC(=O)NCC(O)c2ccc(OC(F)F)cc2)cs1. The topological polar surface area (TPSA) is 71.5 Å². The number of nitrogens with one attached hydrogen (secondary N) is 1. The van der Waals surface area contributed by atoms with Crippen molar-refractivity contribution < 1.29 is 23.4 Å². The molecule has 0 aliphatic rings. The fourth-order valence-corrected chi connectivity index (χ4v) is 2.53. The number of carbonyl (C=O) groups excluding carboxylic acids is 1. The van der Waals surface area contributed by atoms with Crippen LogP contribution in [0.15, 0.2) is 29.6 Å². The van der Waals surface area contributed by atoms with Gasteiger partial charge in [-0.1, -0.05) is 12.1 Å². The van der Waals surface area contributed by atoms with Gasteiger partial charge in [0.15, 0.2) is 0 Å². The van der Waals surface area contributed by atoms with Crippen molar-refractivity contribution in [2.45, 2.75) is 26.1 Å². The summed E-state index contributed by atoms with van der Waals surface area (Å²) >= 11 is 1.47. The molecule has 2 aromatic rings. The minimum atomic E-state index is -2.89. The second-order valence-corrected chi connectivity index (χ2v) is 5.86. The van der Waals surface area contributed by atoms with E-state index in [2.05, 4.69) is 15.0 Å². The number of alkyl halides is 2. The van der Waals surface area contributed by atoms with E-state index in [0.29, 0.717) is 11.3 Å². The van der Waals surface area contributed by atoms with Crippen LogP contribution in [0.3, 0.4) is 0 Å². The van der Waals surface area contributed by atoms with Gasteiger partial charge in [-0.2, -0.15) is 8.78 Å². The number of carbonyl (C=O) groups is 1. The van der Waals surface area contributed by atoms with Crippen LogP contribution in [0.4, 0.5) is 8.78 Å². The second-order valence-electron chi connectivity index (χ2n) is 4.80. The lowest BCUT2D eigenvalue weighted by Crippen LogP contribution is -2.29. The highest BCUT2D eigenvalue weighted by Gasteiger charge is 2.12. The van der Waals surface area contributed by atoms with Crippen LogP contribution in [-0.2, 0) is 11.2 Å². The fourth-order valence-electron chi connectivity index (χ4n) is 1.92. The van der Waals surface area contributed by atoms with E-state index in [4.69, 9.17) is 0 Å². The van der Waals surface area contributed by atoms with Crippen molar-refractivity contribution in [3.05, 3.63) is 45.9 Å². The molecule has 5 nitrogen and oxygen atoms in total. The third kappa shape index (κ3) is 5.57. The number of aliphatic hydroxyl groups excluding tert-OH is 1. The summed E-state index contributed by atoms with van der Waals surface area (Å²) in [5.74, 6) is -0.231. The average molecular weight is 342 g/mol. The minimum Gasteiger partial charge on any atom is -0.435 e. The van der Waals surface area contributed by atoms with Gasteiger partial charge in [-0.15, -0.1) is 11.3 Å². The molecule has 1 amide bonds. The van der Waals surface area contributed by atoms with Gasteiger partial charge >= 0.3 is 6.61 Å². The highest BCUT2D eigenvalue weighted by Crippen LogP contribution is 2.19. The Morgan fingerprint density at radius 2 is 2.09 bits per heavy atom. The molecule has 23 heavy (non-hydrogen) atoms. The smallest absolute Gasteiger partial charge is 0.387 e. The molecule has 0 saturated carbocycles. The molecule has 0 aliphatic carbocycles. The van der Waals surface area contributed by atoms with E-state index >= 15 is 0 Å². The molecule has 1 atom stereocenters. The van der Waals surface area contributed by atoms with Crippen LogP contribution >= 0.6 is 11.3 Å². The molecule has 1 unspecified atom stereocenters. The molecule has 0 spiro atoms. The van der Waals surface area contributed by atoms with E-state index in [-0.39, 0.29) is 24.6 Å². The van der Waals surface area contributed by atoms with E-state index in [1.54, 1.807) is 0 Å². The van der Waals surface area contributed by atoms with Gasteiger partial charge in [-0.3, -0.25) is 4.79 Å². The van der Waals surface area contributed by atoms with Crippen LogP contribution in [0.25, 0.3) is 0 Å². The first-order chi connectivity index (χ1) is 10.9. The Labute approximate surface area is 135 Å². The largest absolute Gasteiger partial charge is 0.435 e. The quantitative estimate of drug-likeness (QED) is 0.811. The zero-order valence-corrected chi connectivity index (χ0v) is 13.1. The van der Waals surface area contributed by atoms with Crippen molar-refractivity contribution >= 4 is 17.2 Å². The molecular formula is C15H16F2N2O3S. The maximum atomic E-state index is 12.0. The van der Waals surface area contributed by atoms with Gasteiger partial charge in [-0.25, -0.2) is 4.98 Å². The first-order valence-electron chi connectivity index (χ1n) is 6.84. The Hall–Kier alpha value is -2.06. The predicted molar refractivity (Wildman–Crippen MR) is 81.6 cm³/mol. The van der Waals surface area contributed by atoms with Gasteiger partial charge in [0.2, 0.25) is 5.91 Å². The molecule has 0 bridgehead atoms. The molecule has 0 aliphatic heterocycles. The summed E-state index contributed by atoms with van der Waals surface area (Å²) in [6.45, 7) is -1.01. The van der Waals surface area contributed by atoms with Crippen LogP contribution in [-0.4, -0.2) is 29.2 Å². The Bertz CT molecular complexity index is 646. The zero-order chi connectivity index (χ0) is 16.8. The van der Waals surface area contributed by atoms with Crippen LogP contribution in [0, 0.1) is 6.92 Å². The molecule has 0 fully saturated rings. The number of aliphatic hydroxyl groups is 1. The molecular weight excluding hydrogens is 326 g/mol. The lowest BCUT2D eigenvalue weighted by molar-refractivity contribution is -0.120. The fraction of sp³-hybridized carbons (Fsp3) is 0.333. The van der Waals surface area contributed by atoms with Crippen molar-refractivity contribution in [2.24, 2.45) is 0 Å². The summed E-state index contributed by atoms with van der Waals surface area (Å²) in [4.78, 5) is 16.0. The van der Waals surface area contributed by atoms with E-state index in [9.17, 15) is 18.7 Å². The summed E-state index contributed by atoms with van der Waals surface area (Å²) < 4.78 is 28.3. The van der Waals surface area contributed by atoms with Crippen molar-refractivity contribution in [1.82, 2.24) is 10.3 Å². The highest BCUT2D eigenvalue weighted by molar-refractivity contribution is 7.09. The second kappa shape index (κ2) is 7.98. The maximum Gasteiger partial charge on any atom is 0.387 e. The van der Waals surface area contributed by atoms with Gasteiger partial charge in [-0.05, 0) is 24.6 Å². The summed E-state index contributed by atoms with van der Waals surface area (Å²) in [6, 6.07) is 5.62. The highest BCUT2D eigenvalue weighted by atomic mass is 32.1. The monoisotopic (exact) mass is 342 g/mol. The molecule has 8 heteroatoms. The summed E-state index contributed by atoms with van der Waals surface area (Å²) in [5.41, 5.74) is 1.18. The molecule has 1 aromatic heterocycles. The Kier molecular flexibility index (Phi) is 6.00. The molecule has 1 heterocycles. The third-order valence-electron chi connectivity index (χ3n) is 2.99. The van der Waals surface area contributed by atoms with Crippen LogP contribution in [0.5, 0.6) is 5.75 Å². The van der Waals surface area contributed by atoms with E-state index < -0.39 is 12.7 Å². The molecule has 0 radical (unpaired) electrons. The number of ether oxygens (including phenoxy) is 1. The summed E-state index contributed by atoms with van der Waals surface area (Å²) in [5, 5.41) is 15.3. The molecule has 2 N–H and O–H groups in total. The van der Waals surface area contributed by atoms with Crippen molar-refractivity contribution in [3.8, 4) is 5.75 Å². The number of aryl methyl sites for hydroxylation is 1. The summed E-state index contributed by atoms with van der Waals surface area (Å²) in [7, 11) is 0. The number of aromatic nitrogens is 1. The Morgan fingerprint density at radius 3 is 2.65 bits per heavy atom. The number of hydrogen-bond acceptors (Lipinski definition) is 5. The van der Waals surface area contributed by atoms with E-state index in [1.165, 1.54) is 35.6 Å². The van der Waals surface area contributed by atoms with Crippen LogP contribution < -0.4 is 10.1 Å². The van der Waals surface area contributed by atoms with Crippen LogP contribution in [0.2, 0.25) is 0 Å². The third-order valence-corrected chi connectivity index (χ3v) is 3.81. The number of hydrogen-bond donors (Lipinski definition) is 2. The van der Waals surface area contributed by atoms with Gasteiger partial charge < -0.3 is 15.2 Å². The van der Waals surface area contributed by atoms with Gasteiger partial charge in [0.05, 0.1) is 23.2 Å². The van der Waals surface area contributed by atoms with Crippen molar-refractivity contribution in [1.29, 1.82) is 0 Å². The molecule has 124 valence electrons. The Balaban J connectivity index is 1.81. The lowest BCUT2D eigenvalue weighted by atomic mass is 10.1. The number of nitrogens with zero attached hydrogens (tertiary/aromatic N) is 1. The minimum absolute atomic E-state index is 0.0129. The first kappa shape index (κ1) is 17.3. The standard InChI is InChI=1S/C15H16F2N2O3S/c1-9-19-11(8-23-9)6-14(21)18-7-13(20)10-2-4-12(5-3-10)22-15(16)17/h2-5,8,13,15,20H,6-7H2,1H3,(H,18,21). The van der Waals surface area contributed by atoms with Crippen molar-refractivity contribution in [3.63, 3.8) is 0 Å². The van der Waals surface area contributed by atoms with Crippen molar-refractivity contribution in [2.75, 3.05) is 6.54 Å². The number of rotatable bonds is 7. The number of halogens is 2. The van der Waals surface area contributed by atoms with Gasteiger partial charge in [0, 0.05) is 11.9 Å². The number of benzene rings is 1. The normalized spacial score (nSPS) is 12.2. The predicted octanol–water partition coefficient (Wildman–Crippen LogP) is 2.45. The van der Waals surface area contributed by atoms with Gasteiger partial charge in [0.25, 0.3) is 0 Å². The summed E-state index contributed by atoms with van der Waals surface area (Å²) in [6.07, 6.45) is -0.783. The van der Waals surface area contributed by atoms with Gasteiger partial charge in [0.1, 0.15) is 5.75 Å². The Morgan fingerprint density at radius 1 is 1.39 bits per heavy atom. The van der Waals surface area contributed by atoms with Crippen LogP contribution in [0.1, 0.15) is 22.4 Å². The molecule has 2 rings (SSSR count). The zero-order valence-electron chi connectivity index (χ0n) is 12.3. The molecule has 0 saturated heterocycles. The van der Waals surface area contributed by atoms with E-state index in [0.717, 1.165) is 5.01 Å². The first-order valence-corrected chi connectivity index (χ1v) is 7.72. The lowest BCUT2D eigenvalue weighted by Gasteiger charge is -2.13. The van der Waals surface area contributed by atoms with E-state index in [1.807, 2.05) is 12.3 Å². The number of thiazole rings is 1. The average Bonchev–Trinajstić information content (AvgIpc) is 2.90. The number of amides is 1.